The quantitative estimate of drug-likeness (QED) is 0.0262. The van der Waals surface area contributed by atoms with Gasteiger partial charge in [0.05, 0.1) is 25.4 Å². The summed E-state index contributed by atoms with van der Waals surface area (Å²) in [4.78, 5) is 13.0. The standard InChI is InChI=1S/C56H95NO8/c1-3-5-7-9-11-13-15-16-17-18-19-20-21-22-23-24-25-26-27-28-29-30-31-32-33-34-36-38-40-42-44-46-52(60)57-49(48-64-56-55(63)54(62)53(61)51(47-58)65-56)50(59)45-43-41-39-37-35-14-12-10-8-6-4-2/h5,7,11,13,16-17,19-20,22-23,25-26,28-29,43,45,49-51,53-56,58-59,61-63H,3-4,6,8-10,12,14-15,18,21,24,27,30-42,44,46-48H2,1-2H3,(H,57,60)/b7-5-,13-11-,17-16-,20-19-,23-22-,26-25-,29-28-,45-43+. The molecule has 0 spiro atoms. The number of carbonyl (C=O) groups is 1. The van der Waals surface area contributed by atoms with E-state index in [1.807, 2.05) is 6.08 Å². The lowest BCUT2D eigenvalue weighted by molar-refractivity contribution is -0.302. The fraction of sp³-hybridized carbons (Fsp3) is 0.696. The molecule has 372 valence electrons. The monoisotopic (exact) mass is 910 g/mol. The van der Waals surface area contributed by atoms with Crippen LogP contribution in [0.3, 0.4) is 0 Å². The SMILES string of the molecule is CC/C=C\C/C=C\C/C=C\C/C=C\C/C=C\C/C=C\C/C=C\CCCCCCCCCCCC(=O)NC(COC1OC(CO)C(O)C(O)C1O)C(O)/C=C/CCCCCCCCCCC. The predicted octanol–water partition coefficient (Wildman–Crippen LogP) is 12.1. The second-order valence-corrected chi connectivity index (χ2v) is 17.6. The Morgan fingerprint density at radius 2 is 0.954 bits per heavy atom. The van der Waals surface area contributed by atoms with Crippen LogP contribution in [-0.2, 0) is 14.3 Å². The zero-order chi connectivity index (χ0) is 47.3. The number of unbranched alkanes of at least 4 members (excludes halogenated alkanes) is 18. The second kappa shape index (κ2) is 44.9. The molecule has 7 unspecified atom stereocenters. The minimum atomic E-state index is -1.57. The van der Waals surface area contributed by atoms with Crippen molar-refractivity contribution >= 4 is 5.91 Å². The van der Waals surface area contributed by atoms with Gasteiger partial charge in [0.1, 0.15) is 24.4 Å². The van der Waals surface area contributed by atoms with Crippen molar-refractivity contribution in [2.24, 2.45) is 0 Å². The van der Waals surface area contributed by atoms with E-state index in [2.05, 4.69) is 104 Å². The van der Waals surface area contributed by atoms with Crippen LogP contribution in [0, 0.1) is 0 Å². The molecule has 0 radical (unpaired) electrons. The molecule has 65 heavy (non-hydrogen) atoms. The molecular weight excluding hydrogens is 815 g/mol. The van der Waals surface area contributed by atoms with E-state index in [4.69, 9.17) is 9.47 Å². The Hall–Kier alpha value is -2.89. The van der Waals surface area contributed by atoms with Crippen LogP contribution in [0.15, 0.2) is 97.2 Å². The molecule has 6 N–H and O–H groups in total. The van der Waals surface area contributed by atoms with Gasteiger partial charge >= 0.3 is 0 Å². The van der Waals surface area contributed by atoms with Crippen LogP contribution in [0.4, 0.5) is 0 Å². The minimum Gasteiger partial charge on any atom is -0.394 e. The maximum Gasteiger partial charge on any atom is 0.220 e. The number of allylic oxidation sites excluding steroid dienone is 15. The van der Waals surface area contributed by atoms with Gasteiger partial charge in [-0.25, -0.2) is 0 Å². The highest BCUT2D eigenvalue weighted by atomic mass is 16.7. The van der Waals surface area contributed by atoms with Crippen LogP contribution in [0.1, 0.15) is 194 Å². The molecular formula is C56H95NO8. The van der Waals surface area contributed by atoms with E-state index in [9.17, 15) is 30.3 Å². The topological polar surface area (TPSA) is 149 Å². The van der Waals surface area contributed by atoms with Crippen molar-refractivity contribution in [1.29, 1.82) is 0 Å². The summed E-state index contributed by atoms with van der Waals surface area (Å²) in [6.45, 7) is 3.62. The Balaban J connectivity index is 2.21. The number of ether oxygens (including phenoxy) is 2. The van der Waals surface area contributed by atoms with Crippen molar-refractivity contribution in [3.63, 3.8) is 0 Å². The molecule has 9 nitrogen and oxygen atoms in total. The molecule has 0 aromatic carbocycles. The van der Waals surface area contributed by atoms with E-state index in [0.29, 0.717) is 6.42 Å². The van der Waals surface area contributed by atoms with Gasteiger partial charge in [0.2, 0.25) is 5.91 Å². The van der Waals surface area contributed by atoms with Crippen LogP contribution >= 0.6 is 0 Å². The predicted molar refractivity (Wildman–Crippen MR) is 271 cm³/mol. The van der Waals surface area contributed by atoms with Crippen LogP contribution in [0.25, 0.3) is 0 Å². The molecule has 9 heteroatoms. The molecule has 0 saturated carbocycles. The number of nitrogens with one attached hydrogen (secondary N) is 1. The van der Waals surface area contributed by atoms with Gasteiger partial charge in [-0.05, 0) is 77.0 Å². The van der Waals surface area contributed by atoms with Gasteiger partial charge in [-0.15, -0.1) is 0 Å². The van der Waals surface area contributed by atoms with Gasteiger partial charge in [-0.3, -0.25) is 4.79 Å². The molecule has 1 saturated heterocycles. The van der Waals surface area contributed by atoms with E-state index < -0.39 is 49.5 Å². The fourth-order valence-corrected chi connectivity index (χ4v) is 7.55. The van der Waals surface area contributed by atoms with Crippen LogP contribution in [0.5, 0.6) is 0 Å². The number of amides is 1. The number of hydrogen-bond acceptors (Lipinski definition) is 8. The third-order valence-corrected chi connectivity index (χ3v) is 11.7. The summed E-state index contributed by atoms with van der Waals surface area (Å²) in [6, 6.07) is -0.813. The van der Waals surface area contributed by atoms with Gasteiger partial charge in [-0.1, -0.05) is 207 Å². The first-order chi connectivity index (χ1) is 31.8. The summed E-state index contributed by atoms with van der Waals surface area (Å²) in [6.07, 6.45) is 57.5. The maximum absolute atomic E-state index is 13.0. The van der Waals surface area contributed by atoms with E-state index in [1.54, 1.807) is 6.08 Å². The lowest BCUT2D eigenvalue weighted by Gasteiger charge is -2.40. The average molecular weight is 910 g/mol. The summed E-state index contributed by atoms with van der Waals surface area (Å²) in [7, 11) is 0. The van der Waals surface area contributed by atoms with Crippen molar-refractivity contribution in [3.05, 3.63) is 97.2 Å². The summed E-state index contributed by atoms with van der Waals surface area (Å²) >= 11 is 0. The second-order valence-electron chi connectivity index (χ2n) is 17.6. The molecule has 1 aliphatic rings. The van der Waals surface area contributed by atoms with Crippen molar-refractivity contribution < 1.29 is 39.8 Å². The highest BCUT2D eigenvalue weighted by Crippen LogP contribution is 2.22. The normalized spacial score (nSPS) is 20.8. The summed E-state index contributed by atoms with van der Waals surface area (Å²) in [5.74, 6) is -0.190. The van der Waals surface area contributed by atoms with E-state index in [0.717, 1.165) is 96.3 Å². The van der Waals surface area contributed by atoms with Crippen molar-refractivity contribution in [1.82, 2.24) is 5.32 Å². The summed E-state index contributed by atoms with van der Waals surface area (Å²) in [5.41, 5.74) is 0. The van der Waals surface area contributed by atoms with E-state index in [1.165, 1.54) is 77.0 Å². The first-order valence-corrected chi connectivity index (χ1v) is 26.0. The van der Waals surface area contributed by atoms with Gasteiger partial charge in [-0.2, -0.15) is 0 Å². The lowest BCUT2D eigenvalue weighted by atomic mass is 9.99. The van der Waals surface area contributed by atoms with Gasteiger partial charge in [0, 0.05) is 6.42 Å². The number of aliphatic hydroxyl groups excluding tert-OH is 5. The largest absolute Gasteiger partial charge is 0.394 e. The molecule has 0 bridgehead atoms. The number of hydrogen-bond donors (Lipinski definition) is 6. The van der Waals surface area contributed by atoms with Gasteiger partial charge < -0.3 is 40.3 Å². The first kappa shape index (κ1) is 60.1. The van der Waals surface area contributed by atoms with Gasteiger partial charge in [0.15, 0.2) is 6.29 Å². The van der Waals surface area contributed by atoms with Crippen molar-refractivity contribution in [3.8, 4) is 0 Å². The fourth-order valence-electron chi connectivity index (χ4n) is 7.55. The molecule has 0 aromatic heterocycles. The smallest absolute Gasteiger partial charge is 0.220 e. The Bertz CT molecular complexity index is 1330. The molecule has 7 atom stereocenters. The highest BCUT2D eigenvalue weighted by Gasteiger charge is 2.44. The Morgan fingerprint density at radius 1 is 0.538 bits per heavy atom. The summed E-state index contributed by atoms with van der Waals surface area (Å²) in [5, 5.41) is 54.2. The molecule has 1 heterocycles. The highest BCUT2D eigenvalue weighted by molar-refractivity contribution is 5.76. The van der Waals surface area contributed by atoms with E-state index >= 15 is 0 Å². The van der Waals surface area contributed by atoms with Crippen molar-refractivity contribution in [2.75, 3.05) is 13.2 Å². The first-order valence-electron chi connectivity index (χ1n) is 26.0. The third kappa shape index (κ3) is 35.0. The average Bonchev–Trinajstić information content (AvgIpc) is 3.31. The Morgan fingerprint density at radius 3 is 1.42 bits per heavy atom. The molecule has 1 aliphatic heterocycles. The van der Waals surface area contributed by atoms with Crippen LogP contribution < -0.4 is 5.32 Å². The molecule has 1 rings (SSSR count). The molecule has 0 aromatic rings. The zero-order valence-corrected chi connectivity index (χ0v) is 41.0. The molecule has 1 fully saturated rings. The molecule has 0 aliphatic carbocycles. The minimum absolute atomic E-state index is 0.190. The van der Waals surface area contributed by atoms with Crippen LogP contribution in [-0.4, -0.2) is 87.5 Å². The number of carbonyl (C=O) groups excluding carboxylic acids is 1. The van der Waals surface area contributed by atoms with Crippen LogP contribution in [0.2, 0.25) is 0 Å². The third-order valence-electron chi connectivity index (χ3n) is 11.7. The maximum atomic E-state index is 13.0. The van der Waals surface area contributed by atoms with Crippen molar-refractivity contribution in [2.45, 2.75) is 236 Å². The zero-order valence-electron chi connectivity index (χ0n) is 41.0. The van der Waals surface area contributed by atoms with Gasteiger partial charge in [0.25, 0.3) is 0 Å². The van der Waals surface area contributed by atoms with E-state index in [-0.39, 0.29) is 12.5 Å². The Labute approximate surface area is 396 Å². The number of rotatable bonds is 42. The Kier molecular flexibility index (Phi) is 41.6. The lowest BCUT2D eigenvalue weighted by Crippen LogP contribution is -2.60. The number of aliphatic hydroxyl groups is 5. The summed E-state index contributed by atoms with van der Waals surface area (Å²) < 4.78 is 11.2. The molecule has 1 amide bonds.